The van der Waals surface area contributed by atoms with Crippen LogP contribution in [0.1, 0.15) is 0 Å². The molecule has 0 radical (unpaired) electrons. The minimum atomic E-state index is -0.260. The minimum absolute atomic E-state index is 0.260. The number of fused-ring (bicyclic) bond motifs is 1. The highest BCUT2D eigenvalue weighted by molar-refractivity contribution is 5.80. The van der Waals surface area contributed by atoms with Crippen LogP contribution in [0.15, 0.2) is 48.9 Å². The van der Waals surface area contributed by atoms with E-state index in [0.29, 0.717) is 0 Å². The van der Waals surface area contributed by atoms with Gasteiger partial charge in [0.2, 0.25) is 0 Å². The molecule has 4 heterocycles. The van der Waals surface area contributed by atoms with E-state index in [1.54, 1.807) is 16.8 Å². The number of aromatic nitrogens is 5. The summed E-state index contributed by atoms with van der Waals surface area (Å²) in [7, 11) is 4.04. The second-order valence-electron chi connectivity index (χ2n) is 7.51. The van der Waals surface area contributed by atoms with Crippen LogP contribution in [0.5, 0.6) is 0 Å². The van der Waals surface area contributed by atoms with Crippen LogP contribution in [-0.2, 0) is 7.05 Å². The summed E-state index contributed by atoms with van der Waals surface area (Å²) in [6.07, 6.45) is 5.73. The Labute approximate surface area is 168 Å². The van der Waals surface area contributed by atoms with Crippen molar-refractivity contribution in [2.45, 2.75) is 0 Å². The van der Waals surface area contributed by atoms with E-state index in [4.69, 9.17) is 10.1 Å². The van der Waals surface area contributed by atoms with Gasteiger partial charge in [-0.25, -0.2) is 13.9 Å². The largest absolute Gasteiger partial charge is 0.353 e. The van der Waals surface area contributed by atoms with Crippen molar-refractivity contribution in [1.29, 1.82) is 0 Å². The topological polar surface area (TPSA) is 54.5 Å². The van der Waals surface area contributed by atoms with Crippen molar-refractivity contribution >= 4 is 11.5 Å². The van der Waals surface area contributed by atoms with E-state index in [0.717, 1.165) is 60.0 Å². The first kappa shape index (κ1) is 17.8. The van der Waals surface area contributed by atoms with Gasteiger partial charge >= 0.3 is 0 Å². The van der Waals surface area contributed by atoms with Crippen molar-refractivity contribution in [1.82, 2.24) is 29.3 Å². The fourth-order valence-corrected chi connectivity index (χ4v) is 3.69. The zero-order valence-corrected chi connectivity index (χ0v) is 16.5. The summed E-state index contributed by atoms with van der Waals surface area (Å²) >= 11 is 0. The van der Waals surface area contributed by atoms with Gasteiger partial charge in [-0.3, -0.25) is 4.68 Å². The third-order valence-electron chi connectivity index (χ3n) is 5.40. The van der Waals surface area contributed by atoms with Gasteiger partial charge in [-0.2, -0.15) is 5.10 Å². The molecule has 5 rings (SSSR count). The van der Waals surface area contributed by atoms with Gasteiger partial charge in [0.15, 0.2) is 5.65 Å². The Morgan fingerprint density at radius 1 is 0.931 bits per heavy atom. The lowest BCUT2D eigenvalue weighted by molar-refractivity contribution is 0.311. The molecule has 0 atom stereocenters. The zero-order valence-electron chi connectivity index (χ0n) is 16.5. The van der Waals surface area contributed by atoms with E-state index in [2.05, 4.69) is 28.0 Å². The van der Waals surface area contributed by atoms with Crippen molar-refractivity contribution in [2.75, 3.05) is 38.1 Å². The SMILES string of the molecule is CN1CCN(c2cc(-c3cnn(C)c3)c3nc(-c4ccc(F)cc4)cn3n2)CC1. The Hall–Kier alpha value is -3.26. The normalized spacial score (nSPS) is 15.3. The van der Waals surface area contributed by atoms with Gasteiger partial charge in [-0.05, 0) is 37.4 Å². The smallest absolute Gasteiger partial charge is 0.162 e. The van der Waals surface area contributed by atoms with Crippen LogP contribution >= 0.6 is 0 Å². The molecule has 0 unspecified atom stereocenters. The fraction of sp³-hybridized carbons (Fsp3) is 0.286. The maximum atomic E-state index is 13.3. The number of aryl methyl sites for hydroxylation is 1. The predicted octanol–water partition coefficient (Wildman–Crippen LogP) is 2.69. The molecule has 1 aliphatic heterocycles. The molecule has 1 aromatic carbocycles. The number of benzene rings is 1. The monoisotopic (exact) mass is 391 g/mol. The van der Waals surface area contributed by atoms with Crippen LogP contribution in [0.3, 0.4) is 0 Å². The van der Waals surface area contributed by atoms with Gasteiger partial charge in [-0.15, -0.1) is 5.10 Å². The van der Waals surface area contributed by atoms with Crippen LogP contribution in [0, 0.1) is 5.82 Å². The van der Waals surface area contributed by atoms with E-state index in [-0.39, 0.29) is 5.82 Å². The van der Waals surface area contributed by atoms with Gasteiger partial charge in [0.05, 0.1) is 18.1 Å². The van der Waals surface area contributed by atoms with Crippen molar-refractivity contribution in [3.63, 3.8) is 0 Å². The number of rotatable bonds is 3. The molecule has 3 aromatic heterocycles. The zero-order chi connectivity index (χ0) is 20.0. The Bertz CT molecular complexity index is 1150. The number of hydrogen-bond acceptors (Lipinski definition) is 5. The molecule has 29 heavy (non-hydrogen) atoms. The first-order valence-corrected chi connectivity index (χ1v) is 9.66. The van der Waals surface area contributed by atoms with E-state index < -0.39 is 0 Å². The first-order valence-electron chi connectivity index (χ1n) is 9.66. The van der Waals surface area contributed by atoms with Crippen LogP contribution in [0.4, 0.5) is 10.2 Å². The number of imidazole rings is 1. The molecule has 1 aliphatic rings. The number of nitrogens with zero attached hydrogens (tertiary/aromatic N) is 7. The standard InChI is InChI=1S/C21H22FN7/c1-26-7-9-28(10-8-26)20-11-18(16-12-23-27(2)13-16)21-24-19(14-29(21)25-20)15-3-5-17(22)6-4-15/h3-6,11-14H,7-10H2,1-2H3. The average molecular weight is 391 g/mol. The second kappa shape index (κ2) is 6.97. The molecule has 1 fully saturated rings. The van der Waals surface area contributed by atoms with Gasteiger partial charge in [-0.1, -0.05) is 0 Å². The van der Waals surface area contributed by atoms with E-state index in [9.17, 15) is 4.39 Å². The number of hydrogen-bond donors (Lipinski definition) is 0. The molecule has 0 bridgehead atoms. The molecule has 0 aliphatic carbocycles. The lowest BCUT2D eigenvalue weighted by Crippen LogP contribution is -2.45. The molecular formula is C21H22FN7. The number of anilines is 1. The van der Waals surface area contributed by atoms with Gasteiger partial charge in [0.25, 0.3) is 0 Å². The van der Waals surface area contributed by atoms with Crippen LogP contribution in [-0.4, -0.2) is 62.5 Å². The molecular weight excluding hydrogens is 369 g/mol. The molecule has 8 heteroatoms. The highest BCUT2D eigenvalue weighted by Gasteiger charge is 2.20. The molecule has 0 spiro atoms. The summed E-state index contributed by atoms with van der Waals surface area (Å²) in [6.45, 7) is 3.88. The summed E-state index contributed by atoms with van der Waals surface area (Å²) in [5.41, 5.74) is 4.35. The van der Waals surface area contributed by atoms with Crippen molar-refractivity contribution in [2.24, 2.45) is 7.05 Å². The summed E-state index contributed by atoms with van der Waals surface area (Å²) in [5, 5.41) is 9.16. The molecule has 0 saturated carbocycles. The van der Waals surface area contributed by atoms with Crippen LogP contribution < -0.4 is 4.90 Å². The highest BCUT2D eigenvalue weighted by Crippen LogP contribution is 2.30. The lowest BCUT2D eigenvalue weighted by Gasteiger charge is -2.33. The summed E-state index contributed by atoms with van der Waals surface area (Å²) in [6, 6.07) is 8.47. The van der Waals surface area contributed by atoms with Crippen molar-refractivity contribution in [3.8, 4) is 22.4 Å². The first-order chi connectivity index (χ1) is 14.1. The Morgan fingerprint density at radius 3 is 2.38 bits per heavy atom. The fourth-order valence-electron chi connectivity index (χ4n) is 3.69. The highest BCUT2D eigenvalue weighted by atomic mass is 19.1. The molecule has 1 saturated heterocycles. The van der Waals surface area contributed by atoms with Crippen LogP contribution in [0.25, 0.3) is 28.0 Å². The van der Waals surface area contributed by atoms with Crippen LogP contribution in [0.2, 0.25) is 0 Å². The third-order valence-corrected chi connectivity index (χ3v) is 5.40. The molecule has 7 nitrogen and oxygen atoms in total. The Kier molecular flexibility index (Phi) is 4.28. The summed E-state index contributed by atoms with van der Waals surface area (Å²) in [4.78, 5) is 9.43. The van der Waals surface area contributed by atoms with E-state index >= 15 is 0 Å². The van der Waals surface area contributed by atoms with Gasteiger partial charge in [0, 0.05) is 56.1 Å². The lowest BCUT2D eigenvalue weighted by atomic mass is 10.1. The Balaban J connectivity index is 1.65. The predicted molar refractivity (Wildman–Crippen MR) is 110 cm³/mol. The second-order valence-corrected chi connectivity index (χ2v) is 7.51. The average Bonchev–Trinajstić information content (AvgIpc) is 3.34. The maximum Gasteiger partial charge on any atom is 0.162 e. The molecule has 4 aromatic rings. The quantitative estimate of drug-likeness (QED) is 0.538. The summed E-state index contributed by atoms with van der Waals surface area (Å²) < 4.78 is 16.9. The Morgan fingerprint density at radius 2 is 1.69 bits per heavy atom. The minimum Gasteiger partial charge on any atom is -0.353 e. The van der Waals surface area contributed by atoms with Gasteiger partial charge < -0.3 is 9.80 Å². The number of piperazine rings is 1. The number of halogens is 1. The van der Waals surface area contributed by atoms with Crippen molar-refractivity contribution < 1.29 is 4.39 Å². The molecule has 0 amide bonds. The summed E-state index contributed by atoms with van der Waals surface area (Å²) in [5.74, 6) is 0.663. The number of likely N-dealkylation sites (N-methyl/N-ethyl adjacent to an activating group) is 1. The maximum absolute atomic E-state index is 13.3. The van der Waals surface area contributed by atoms with Gasteiger partial charge in [0.1, 0.15) is 11.6 Å². The van der Waals surface area contributed by atoms with Crippen molar-refractivity contribution in [3.05, 3.63) is 54.7 Å². The molecule has 148 valence electrons. The van der Waals surface area contributed by atoms with E-state index in [1.165, 1.54) is 12.1 Å². The van der Waals surface area contributed by atoms with E-state index in [1.807, 2.05) is 30.2 Å². The molecule has 0 N–H and O–H groups in total. The third kappa shape index (κ3) is 3.36.